The summed E-state index contributed by atoms with van der Waals surface area (Å²) in [4.78, 5) is 38.8. The van der Waals surface area contributed by atoms with Gasteiger partial charge in [0.25, 0.3) is 5.91 Å². The number of benzene rings is 2. The maximum Gasteiger partial charge on any atom is 0.311 e. The van der Waals surface area contributed by atoms with Crippen LogP contribution < -0.4 is 15.0 Å². The highest BCUT2D eigenvalue weighted by atomic mass is 16.5. The molecule has 0 bridgehead atoms. The van der Waals surface area contributed by atoms with E-state index in [2.05, 4.69) is 5.32 Å². The lowest BCUT2D eigenvalue weighted by Crippen LogP contribution is -2.28. The van der Waals surface area contributed by atoms with Crippen LogP contribution in [0.25, 0.3) is 0 Å². The molecule has 164 valence electrons. The summed E-state index contributed by atoms with van der Waals surface area (Å²) in [5.41, 5.74) is 3.53. The van der Waals surface area contributed by atoms with Crippen LogP contribution in [-0.4, -0.2) is 38.0 Å². The van der Waals surface area contributed by atoms with Crippen molar-refractivity contribution < 1.29 is 23.9 Å². The van der Waals surface area contributed by atoms with Crippen molar-refractivity contribution in [2.75, 3.05) is 30.5 Å². The summed E-state index contributed by atoms with van der Waals surface area (Å²) in [6, 6.07) is 13.0. The van der Waals surface area contributed by atoms with Crippen LogP contribution in [0.1, 0.15) is 31.4 Å². The average Bonchev–Trinajstić information content (AvgIpc) is 3.19. The fourth-order valence-electron chi connectivity index (χ4n) is 3.73. The van der Waals surface area contributed by atoms with E-state index in [9.17, 15) is 14.4 Å². The molecule has 1 fully saturated rings. The van der Waals surface area contributed by atoms with E-state index in [0.717, 1.165) is 29.7 Å². The number of aryl methyl sites for hydroxylation is 2. The largest absolute Gasteiger partial charge is 0.497 e. The zero-order valence-electron chi connectivity index (χ0n) is 18.1. The number of anilines is 2. The highest BCUT2D eigenvalue weighted by Gasteiger charge is 2.36. The maximum atomic E-state index is 12.5. The zero-order valence-corrected chi connectivity index (χ0v) is 18.1. The SMILES string of the molecule is CCc1cccc(CC)c1NC(=O)COC(=O)[C@@H]1CC(=O)N(c2cccc(OC)c2)C1. The first-order chi connectivity index (χ1) is 15.0. The van der Waals surface area contributed by atoms with Crippen LogP contribution in [0.2, 0.25) is 0 Å². The van der Waals surface area contributed by atoms with Crippen molar-refractivity contribution in [3.05, 3.63) is 53.6 Å². The van der Waals surface area contributed by atoms with E-state index in [1.165, 1.54) is 0 Å². The van der Waals surface area contributed by atoms with E-state index < -0.39 is 17.8 Å². The Kier molecular flexibility index (Phi) is 7.28. The van der Waals surface area contributed by atoms with Gasteiger partial charge < -0.3 is 19.7 Å². The first-order valence-corrected chi connectivity index (χ1v) is 10.5. The van der Waals surface area contributed by atoms with Gasteiger partial charge in [-0.25, -0.2) is 0 Å². The predicted octanol–water partition coefficient (Wildman–Crippen LogP) is 3.35. The summed E-state index contributed by atoms with van der Waals surface area (Å²) in [5.74, 6) is -1.08. The minimum Gasteiger partial charge on any atom is -0.497 e. The number of methoxy groups -OCH3 is 1. The summed E-state index contributed by atoms with van der Waals surface area (Å²) in [6.07, 6.45) is 1.62. The molecule has 0 spiro atoms. The first-order valence-electron chi connectivity index (χ1n) is 10.5. The van der Waals surface area contributed by atoms with Gasteiger partial charge in [-0.05, 0) is 36.1 Å². The summed E-state index contributed by atoms with van der Waals surface area (Å²) >= 11 is 0. The van der Waals surface area contributed by atoms with Crippen LogP contribution in [0.4, 0.5) is 11.4 Å². The Labute approximate surface area is 182 Å². The summed E-state index contributed by atoms with van der Waals surface area (Å²) in [6.45, 7) is 3.88. The van der Waals surface area contributed by atoms with E-state index in [4.69, 9.17) is 9.47 Å². The van der Waals surface area contributed by atoms with Crippen molar-refractivity contribution in [2.24, 2.45) is 5.92 Å². The van der Waals surface area contributed by atoms with Gasteiger partial charge in [-0.3, -0.25) is 14.4 Å². The fourth-order valence-corrected chi connectivity index (χ4v) is 3.73. The smallest absolute Gasteiger partial charge is 0.311 e. The molecule has 0 saturated carbocycles. The van der Waals surface area contributed by atoms with Crippen LogP contribution in [0, 0.1) is 5.92 Å². The molecule has 31 heavy (non-hydrogen) atoms. The lowest BCUT2D eigenvalue weighted by atomic mass is 10.0. The maximum absolute atomic E-state index is 12.5. The van der Waals surface area contributed by atoms with Gasteiger partial charge in [-0.15, -0.1) is 0 Å². The van der Waals surface area contributed by atoms with E-state index in [1.807, 2.05) is 32.0 Å². The summed E-state index contributed by atoms with van der Waals surface area (Å²) < 4.78 is 10.4. The number of hydrogen-bond acceptors (Lipinski definition) is 5. The minimum absolute atomic E-state index is 0.0519. The molecule has 1 aliphatic heterocycles. The van der Waals surface area contributed by atoms with Gasteiger partial charge in [0.05, 0.1) is 13.0 Å². The van der Waals surface area contributed by atoms with E-state index in [1.54, 1.807) is 36.3 Å². The van der Waals surface area contributed by atoms with Crippen LogP contribution in [0.5, 0.6) is 5.75 Å². The number of rotatable bonds is 8. The molecule has 7 heteroatoms. The number of nitrogens with one attached hydrogen (secondary N) is 1. The third kappa shape index (κ3) is 5.23. The lowest BCUT2D eigenvalue weighted by Gasteiger charge is -2.17. The molecule has 0 radical (unpaired) electrons. The van der Waals surface area contributed by atoms with Crippen molar-refractivity contribution in [1.82, 2.24) is 0 Å². The molecule has 1 aliphatic rings. The quantitative estimate of drug-likeness (QED) is 0.657. The molecule has 2 amide bonds. The highest BCUT2D eigenvalue weighted by molar-refractivity contribution is 6.00. The second kappa shape index (κ2) is 10.1. The van der Waals surface area contributed by atoms with Gasteiger partial charge >= 0.3 is 5.97 Å². The van der Waals surface area contributed by atoms with Crippen LogP contribution in [0.3, 0.4) is 0 Å². The lowest BCUT2D eigenvalue weighted by molar-refractivity contribution is -0.151. The molecular weight excluding hydrogens is 396 g/mol. The number of amides is 2. The molecule has 1 saturated heterocycles. The van der Waals surface area contributed by atoms with Gasteiger partial charge in [0.15, 0.2) is 6.61 Å². The topological polar surface area (TPSA) is 84.9 Å². The van der Waals surface area contributed by atoms with Gasteiger partial charge in [0.2, 0.25) is 5.91 Å². The average molecular weight is 424 g/mol. The number of carbonyl (C=O) groups excluding carboxylic acids is 3. The molecule has 1 atom stereocenters. The number of nitrogens with zero attached hydrogens (tertiary/aromatic N) is 1. The summed E-state index contributed by atoms with van der Waals surface area (Å²) in [5, 5.41) is 2.88. The van der Waals surface area contributed by atoms with Crippen molar-refractivity contribution in [1.29, 1.82) is 0 Å². The molecule has 2 aromatic rings. The molecule has 2 aromatic carbocycles. The second-order valence-electron chi connectivity index (χ2n) is 7.42. The molecule has 1 N–H and O–H groups in total. The van der Waals surface area contributed by atoms with E-state index in [-0.39, 0.29) is 25.5 Å². The van der Waals surface area contributed by atoms with E-state index in [0.29, 0.717) is 11.4 Å². The fraction of sp³-hybridized carbons (Fsp3) is 0.375. The van der Waals surface area contributed by atoms with E-state index >= 15 is 0 Å². The highest BCUT2D eigenvalue weighted by Crippen LogP contribution is 2.28. The molecular formula is C24H28N2O5. The van der Waals surface area contributed by atoms with Crippen LogP contribution >= 0.6 is 0 Å². The Morgan fingerprint density at radius 3 is 2.42 bits per heavy atom. The Balaban J connectivity index is 1.58. The number of hydrogen-bond donors (Lipinski definition) is 1. The van der Waals surface area contributed by atoms with Crippen LogP contribution in [-0.2, 0) is 32.0 Å². The van der Waals surface area contributed by atoms with Gasteiger partial charge in [0.1, 0.15) is 5.75 Å². The Morgan fingerprint density at radius 2 is 1.77 bits per heavy atom. The van der Waals surface area contributed by atoms with Crippen molar-refractivity contribution >= 4 is 29.2 Å². The second-order valence-corrected chi connectivity index (χ2v) is 7.42. The number of ether oxygens (including phenoxy) is 2. The monoisotopic (exact) mass is 424 g/mol. The zero-order chi connectivity index (χ0) is 22.4. The van der Waals surface area contributed by atoms with Crippen molar-refractivity contribution in [3.63, 3.8) is 0 Å². The molecule has 0 aromatic heterocycles. The molecule has 0 aliphatic carbocycles. The summed E-state index contributed by atoms with van der Waals surface area (Å²) in [7, 11) is 1.55. The standard InChI is InChI=1S/C24H28N2O5/c1-4-16-8-6-9-17(5-2)23(16)25-21(27)15-31-24(29)18-12-22(28)26(14-18)19-10-7-11-20(13-19)30-3/h6-11,13,18H,4-5,12,14-15H2,1-3H3,(H,25,27)/t18-/m1/s1. The number of carbonyl (C=O) groups is 3. The molecule has 0 unspecified atom stereocenters. The minimum atomic E-state index is -0.611. The van der Waals surface area contributed by atoms with Crippen molar-refractivity contribution in [2.45, 2.75) is 33.1 Å². The third-order valence-corrected chi connectivity index (χ3v) is 5.43. The molecule has 1 heterocycles. The Hall–Kier alpha value is -3.35. The normalized spacial score (nSPS) is 15.6. The number of para-hydroxylation sites is 1. The van der Waals surface area contributed by atoms with Gasteiger partial charge in [-0.2, -0.15) is 0 Å². The van der Waals surface area contributed by atoms with Crippen molar-refractivity contribution in [3.8, 4) is 5.75 Å². The Bertz CT molecular complexity index is 950. The molecule has 7 nitrogen and oxygen atoms in total. The third-order valence-electron chi connectivity index (χ3n) is 5.43. The Morgan fingerprint density at radius 1 is 1.10 bits per heavy atom. The van der Waals surface area contributed by atoms with Gasteiger partial charge in [0, 0.05) is 30.4 Å². The first kappa shape index (κ1) is 22.3. The predicted molar refractivity (Wildman–Crippen MR) is 118 cm³/mol. The van der Waals surface area contributed by atoms with Crippen LogP contribution in [0.15, 0.2) is 42.5 Å². The van der Waals surface area contributed by atoms with Gasteiger partial charge in [-0.1, -0.05) is 38.1 Å². The molecule has 3 rings (SSSR count). The number of esters is 1.